The van der Waals surface area contributed by atoms with E-state index in [1.54, 1.807) is 18.9 Å². The fraction of sp³-hybridized carbons (Fsp3) is 0.667. The summed E-state index contributed by atoms with van der Waals surface area (Å²) < 4.78 is 6.14. The Labute approximate surface area is 220 Å². The predicted octanol–water partition coefficient (Wildman–Crippen LogP) is 2.85. The molecule has 2 saturated heterocycles. The number of carbonyl (C=O) groups excluding carboxylic acids is 3. The maximum atomic E-state index is 14.0. The molecule has 1 aliphatic carbocycles. The van der Waals surface area contributed by atoms with Crippen LogP contribution in [0.15, 0.2) is 24.3 Å². The van der Waals surface area contributed by atoms with Gasteiger partial charge in [0.2, 0.25) is 17.7 Å². The lowest BCUT2D eigenvalue weighted by Gasteiger charge is -2.38. The van der Waals surface area contributed by atoms with Crippen LogP contribution < -0.4 is 16.0 Å². The Bertz CT molecular complexity index is 953. The number of halogens is 1. The lowest BCUT2D eigenvalue weighted by Crippen LogP contribution is -2.59. The van der Waals surface area contributed by atoms with Crippen LogP contribution in [0.5, 0.6) is 0 Å². The van der Waals surface area contributed by atoms with Gasteiger partial charge in [0, 0.05) is 18.3 Å². The molecule has 0 radical (unpaired) electrons. The predicted molar refractivity (Wildman–Crippen MR) is 141 cm³/mol. The van der Waals surface area contributed by atoms with Gasteiger partial charge in [-0.1, -0.05) is 38.1 Å². The third-order valence-corrected chi connectivity index (χ3v) is 8.50. The lowest BCUT2D eigenvalue weighted by atomic mass is 9.74. The first-order valence-corrected chi connectivity index (χ1v) is 13.1. The number of rotatable bonds is 7. The maximum absolute atomic E-state index is 14.0. The molecule has 200 valence electrons. The summed E-state index contributed by atoms with van der Waals surface area (Å²) in [4.78, 5) is 42.0. The summed E-state index contributed by atoms with van der Waals surface area (Å²) in [7, 11) is 1.71. The summed E-state index contributed by atoms with van der Waals surface area (Å²) in [5.41, 5.74) is 2.08. The van der Waals surface area contributed by atoms with Gasteiger partial charge in [-0.15, -0.1) is 12.4 Å². The highest BCUT2D eigenvalue weighted by Gasteiger charge is 2.57. The minimum Gasteiger partial charge on any atom is -0.358 e. The van der Waals surface area contributed by atoms with Crippen LogP contribution in [0.4, 0.5) is 0 Å². The van der Waals surface area contributed by atoms with Crippen LogP contribution in [0, 0.1) is 5.41 Å². The second kappa shape index (κ2) is 11.9. The van der Waals surface area contributed by atoms with Crippen LogP contribution in [-0.4, -0.2) is 60.6 Å². The number of carbonyl (C=O) groups is 3. The highest BCUT2D eigenvalue weighted by atomic mass is 35.5. The van der Waals surface area contributed by atoms with E-state index in [1.807, 2.05) is 12.1 Å². The Morgan fingerprint density at radius 3 is 2.56 bits per heavy atom. The molecular weight excluding hydrogens is 480 g/mol. The third-order valence-electron chi connectivity index (χ3n) is 8.50. The van der Waals surface area contributed by atoms with Crippen molar-refractivity contribution >= 4 is 30.1 Å². The van der Waals surface area contributed by atoms with Crippen molar-refractivity contribution in [3.63, 3.8) is 0 Å². The van der Waals surface area contributed by atoms with Crippen LogP contribution in [-0.2, 0) is 25.5 Å². The van der Waals surface area contributed by atoms with Crippen LogP contribution in [0.3, 0.4) is 0 Å². The van der Waals surface area contributed by atoms with E-state index in [-0.39, 0.29) is 41.6 Å². The number of likely N-dealkylation sites (N-methyl/N-ethyl adjacent to an activating group) is 1. The number of nitrogens with one attached hydrogen (secondary N) is 3. The second-order valence-electron chi connectivity index (χ2n) is 10.3. The van der Waals surface area contributed by atoms with Gasteiger partial charge in [0.1, 0.15) is 18.3 Å². The van der Waals surface area contributed by atoms with Crippen molar-refractivity contribution in [2.75, 3.05) is 13.7 Å². The van der Waals surface area contributed by atoms with Gasteiger partial charge in [-0.3, -0.25) is 14.4 Å². The molecule has 4 rings (SSSR count). The van der Waals surface area contributed by atoms with E-state index in [1.165, 1.54) is 11.1 Å². The van der Waals surface area contributed by atoms with Crippen molar-refractivity contribution in [3.8, 4) is 0 Å². The van der Waals surface area contributed by atoms with Crippen molar-refractivity contribution in [3.05, 3.63) is 35.4 Å². The van der Waals surface area contributed by atoms with Crippen molar-refractivity contribution < 1.29 is 19.1 Å². The van der Waals surface area contributed by atoms with E-state index in [0.29, 0.717) is 19.4 Å². The van der Waals surface area contributed by atoms with Gasteiger partial charge < -0.3 is 25.6 Å². The zero-order valence-electron chi connectivity index (χ0n) is 21.8. The third kappa shape index (κ3) is 5.27. The lowest BCUT2D eigenvalue weighted by molar-refractivity contribution is -0.150. The molecule has 3 N–H and O–H groups in total. The molecule has 0 saturated carbocycles. The summed E-state index contributed by atoms with van der Waals surface area (Å²) in [6.07, 6.45) is 5.01. The fourth-order valence-electron chi connectivity index (χ4n) is 6.10. The Morgan fingerprint density at radius 2 is 1.86 bits per heavy atom. The molecule has 0 spiro atoms. The number of nitrogens with zero attached hydrogens (tertiary/aromatic N) is 1. The summed E-state index contributed by atoms with van der Waals surface area (Å²) >= 11 is 0. The monoisotopic (exact) mass is 520 g/mol. The molecule has 36 heavy (non-hydrogen) atoms. The van der Waals surface area contributed by atoms with E-state index in [4.69, 9.17) is 4.74 Å². The van der Waals surface area contributed by atoms with Gasteiger partial charge in [0.25, 0.3) is 0 Å². The highest BCUT2D eigenvalue weighted by molar-refractivity contribution is 5.94. The first-order chi connectivity index (χ1) is 16.8. The van der Waals surface area contributed by atoms with Gasteiger partial charge in [0.15, 0.2) is 0 Å². The first-order valence-electron chi connectivity index (χ1n) is 13.1. The summed E-state index contributed by atoms with van der Waals surface area (Å²) in [6, 6.07) is 6.46. The Kier molecular flexibility index (Phi) is 9.41. The van der Waals surface area contributed by atoms with E-state index >= 15 is 0 Å². The molecule has 1 aromatic carbocycles. The fourth-order valence-corrected chi connectivity index (χ4v) is 6.10. The second-order valence-corrected chi connectivity index (χ2v) is 10.3. The van der Waals surface area contributed by atoms with Crippen molar-refractivity contribution in [1.29, 1.82) is 0 Å². The molecule has 2 heterocycles. The number of fused-ring (bicyclic) bond motifs is 2. The molecule has 5 atom stereocenters. The standard InChI is InChI=1S/C27H40N4O4.ClH/c1-5-27(6-2)16-22-31(26(34)21(14-15-35-22)30-24(32)17(3)28-4)23(27)25(33)29-20-13-9-11-18-10-7-8-12-19(18)20;/h7-8,10,12,17,20-23,28H,5-6,9,11,13-16H2,1-4H3,(H,29,33)(H,30,32);1H/t17?,20-,21+,22?,23?;/m1./s1. The molecule has 2 aliphatic heterocycles. The van der Waals surface area contributed by atoms with E-state index < -0.39 is 24.4 Å². The molecule has 2 fully saturated rings. The van der Waals surface area contributed by atoms with Crippen molar-refractivity contribution in [1.82, 2.24) is 20.9 Å². The normalized spacial score (nSPS) is 27.7. The number of hydrogen-bond donors (Lipinski definition) is 3. The molecule has 8 nitrogen and oxygen atoms in total. The molecule has 3 unspecified atom stereocenters. The number of hydrogen-bond acceptors (Lipinski definition) is 5. The molecule has 0 aromatic heterocycles. The number of aryl methyl sites for hydroxylation is 1. The summed E-state index contributed by atoms with van der Waals surface area (Å²) in [6.45, 7) is 6.29. The molecule has 1 aromatic rings. The van der Waals surface area contributed by atoms with Crippen LogP contribution in [0.1, 0.15) is 76.5 Å². The quantitative estimate of drug-likeness (QED) is 0.513. The van der Waals surface area contributed by atoms with Gasteiger partial charge in [-0.25, -0.2) is 0 Å². The summed E-state index contributed by atoms with van der Waals surface area (Å²) in [5, 5.41) is 9.11. The van der Waals surface area contributed by atoms with Crippen molar-refractivity contribution in [2.24, 2.45) is 5.41 Å². The van der Waals surface area contributed by atoms with Crippen LogP contribution >= 0.6 is 12.4 Å². The molecular formula is C27H41ClN4O4. The first kappa shape index (κ1) is 28.4. The van der Waals surface area contributed by atoms with Crippen LogP contribution in [0.25, 0.3) is 0 Å². The molecule has 3 aliphatic rings. The smallest absolute Gasteiger partial charge is 0.247 e. The van der Waals surface area contributed by atoms with Gasteiger partial charge in [-0.05, 0) is 57.2 Å². The number of benzene rings is 1. The average Bonchev–Trinajstić information content (AvgIpc) is 3.14. The van der Waals surface area contributed by atoms with E-state index in [9.17, 15) is 14.4 Å². The number of amides is 3. The average molecular weight is 521 g/mol. The van der Waals surface area contributed by atoms with Gasteiger partial charge in [-0.2, -0.15) is 0 Å². The Hall–Kier alpha value is -2.16. The van der Waals surface area contributed by atoms with Crippen molar-refractivity contribution in [2.45, 2.75) is 96.1 Å². The summed E-state index contributed by atoms with van der Waals surface area (Å²) in [5.74, 6) is -0.580. The van der Waals surface area contributed by atoms with Gasteiger partial charge >= 0.3 is 0 Å². The number of ether oxygens (including phenoxy) is 1. The highest BCUT2D eigenvalue weighted by Crippen LogP contribution is 2.48. The topological polar surface area (TPSA) is 99.8 Å². The minimum absolute atomic E-state index is 0. The Morgan fingerprint density at radius 1 is 1.14 bits per heavy atom. The Balaban J connectivity index is 0.00000361. The molecule has 9 heteroatoms. The van der Waals surface area contributed by atoms with E-state index in [0.717, 1.165) is 32.1 Å². The maximum Gasteiger partial charge on any atom is 0.247 e. The van der Waals surface area contributed by atoms with Crippen LogP contribution in [0.2, 0.25) is 0 Å². The zero-order chi connectivity index (χ0) is 25.2. The molecule has 3 amide bonds. The zero-order valence-corrected chi connectivity index (χ0v) is 22.7. The SMILES string of the molecule is CCC1(CC)CC2OCC[C@H](NC(=O)C(C)NC)C(=O)N2C1C(=O)N[C@@H]1CCCc2ccccc21.Cl. The van der Waals surface area contributed by atoms with Gasteiger partial charge in [0.05, 0.1) is 18.7 Å². The minimum atomic E-state index is -0.710. The van der Waals surface area contributed by atoms with E-state index in [2.05, 4.69) is 41.9 Å². The largest absolute Gasteiger partial charge is 0.358 e. The molecule has 0 bridgehead atoms.